The Morgan fingerprint density at radius 3 is 1.64 bits per heavy atom. The fourth-order valence-corrected chi connectivity index (χ4v) is 4.01. The summed E-state index contributed by atoms with van der Waals surface area (Å²) in [7, 11) is 3.97. The number of nitrogens with one attached hydrogen (secondary N) is 2. The molecule has 2 aromatic carbocycles. The van der Waals surface area contributed by atoms with Gasteiger partial charge in [-0.1, -0.05) is 0 Å². The van der Waals surface area contributed by atoms with Crippen LogP contribution >= 0.6 is 0 Å². The lowest BCUT2D eigenvalue weighted by Crippen LogP contribution is -2.21. The first-order valence-corrected chi connectivity index (χ1v) is 10.5. The summed E-state index contributed by atoms with van der Waals surface area (Å²) in [5.74, 6) is 0.760. The van der Waals surface area contributed by atoms with Crippen molar-refractivity contribution >= 4 is 40.6 Å². The van der Waals surface area contributed by atoms with Gasteiger partial charge in [-0.05, 0) is 59.7 Å². The van der Waals surface area contributed by atoms with Crippen LogP contribution in [-0.4, -0.2) is 29.0 Å². The molecule has 2 aliphatic heterocycles. The minimum absolute atomic E-state index is 0.102. The van der Waals surface area contributed by atoms with Gasteiger partial charge in [-0.15, -0.1) is 0 Å². The molecule has 0 saturated carbocycles. The van der Waals surface area contributed by atoms with Crippen LogP contribution in [0.2, 0.25) is 0 Å². The highest BCUT2D eigenvalue weighted by Gasteiger charge is 2.18. The van der Waals surface area contributed by atoms with Gasteiger partial charge in [0.05, 0.1) is 12.1 Å². The number of anilines is 7. The van der Waals surface area contributed by atoms with Crippen molar-refractivity contribution in [1.29, 1.82) is 0 Å². The van der Waals surface area contributed by atoms with E-state index in [0.717, 1.165) is 33.9 Å². The minimum atomic E-state index is -0.178. The number of fused-ring (bicyclic) bond motifs is 2. The summed E-state index contributed by atoms with van der Waals surface area (Å²) >= 11 is 0. The summed E-state index contributed by atoms with van der Waals surface area (Å²) in [4.78, 5) is 17.0. The second-order valence-corrected chi connectivity index (χ2v) is 8.09. The maximum absolute atomic E-state index is 6.24. The first kappa shape index (κ1) is 20.7. The first-order valence-electron chi connectivity index (χ1n) is 10.5. The third kappa shape index (κ3) is 4.04. The molecule has 33 heavy (non-hydrogen) atoms. The number of rotatable bonds is 4. The Morgan fingerprint density at radius 1 is 0.727 bits per heavy atom. The van der Waals surface area contributed by atoms with E-state index >= 15 is 0 Å². The second kappa shape index (κ2) is 8.08. The van der Waals surface area contributed by atoms with Crippen LogP contribution in [0, 0.1) is 0 Å². The molecule has 0 aliphatic carbocycles. The summed E-state index contributed by atoms with van der Waals surface area (Å²) < 4.78 is 0. The van der Waals surface area contributed by atoms with E-state index in [2.05, 4.69) is 25.6 Å². The molecule has 0 fully saturated rings. The largest absolute Gasteiger partial charge is 0.368 e. The molecule has 10 nitrogen and oxygen atoms in total. The van der Waals surface area contributed by atoms with E-state index < -0.39 is 0 Å². The molecule has 3 aromatic rings. The average molecular weight is 443 g/mol. The van der Waals surface area contributed by atoms with Gasteiger partial charge in [0, 0.05) is 49.2 Å². The average Bonchev–Trinajstić information content (AvgIpc) is 2.79. The molecule has 0 amide bonds. The number of nitrogen functional groups attached to an aromatic ring is 1. The third-order valence-corrected chi connectivity index (χ3v) is 5.73. The molecule has 168 valence electrons. The number of hydrogen-bond acceptors (Lipinski definition) is 10. The Morgan fingerprint density at radius 2 is 1.18 bits per heavy atom. The lowest BCUT2D eigenvalue weighted by molar-refractivity contribution is 0.876. The SMILES string of the molecule is CN1C=CC(N)c2cc(Nc3nc(N)nc(Nc4ccc5c(c4)C(N)C=CN5C)n3)ccc21. The van der Waals surface area contributed by atoms with Crippen LogP contribution in [0.1, 0.15) is 23.2 Å². The van der Waals surface area contributed by atoms with Gasteiger partial charge < -0.3 is 37.6 Å². The van der Waals surface area contributed by atoms with Crippen molar-refractivity contribution in [3.63, 3.8) is 0 Å². The van der Waals surface area contributed by atoms with Crippen molar-refractivity contribution in [2.24, 2.45) is 11.5 Å². The van der Waals surface area contributed by atoms with E-state index in [0.29, 0.717) is 11.9 Å². The monoisotopic (exact) mass is 442 g/mol. The van der Waals surface area contributed by atoms with E-state index in [-0.39, 0.29) is 18.0 Å². The molecule has 8 N–H and O–H groups in total. The molecule has 10 heteroatoms. The quantitative estimate of drug-likeness (QED) is 0.408. The van der Waals surface area contributed by atoms with Crippen LogP contribution in [0.15, 0.2) is 61.0 Å². The minimum Gasteiger partial charge on any atom is -0.368 e. The number of benzene rings is 2. The Balaban J connectivity index is 1.39. The van der Waals surface area contributed by atoms with E-state index in [1.807, 2.05) is 84.8 Å². The Kier molecular flexibility index (Phi) is 5.08. The van der Waals surface area contributed by atoms with E-state index in [4.69, 9.17) is 17.2 Å². The molecule has 5 rings (SSSR count). The van der Waals surface area contributed by atoms with Gasteiger partial charge in [-0.25, -0.2) is 0 Å². The smallest absolute Gasteiger partial charge is 0.233 e. The topological polar surface area (TPSA) is 147 Å². The van der Waals surface area contributed by atoms with Crippen molar-refractivity contribution in [2.75, 3.05) is 40.3 Å². The molecular weight excluding hydrogens is 416 g/mol. The predicted molar refractivity (Wildman–Crippen MR) is 133 cm³/mol. The third-order valence-electron chi connectivity index (χ3n) is 5.73. The molecule has 0 radical (unpaired) electrons. The highest BCUT2D eigenvalue weighted by molar-refractivity contribution is 5.69. The number of hydrogen-bond donors (Lipinski definition) is 5. The van der Waals surface area contributed by atoms with Crippen molar-refractivity contribution in [2.45, 2.75) is 12.1 Å². The molecule has 3 heterocycles. The van der Waals surface area contributed by atoms with Gasteiger partial charge in [0.2, 0.25) is 17.8 Å². The lowest BCUT2D eigenvalue weighted by atomic mass is 10.0. The lowest BCUT2D eigenvalue weighted by Gasteiger charge is -2.26. The van der Waals surface area contributed by atoms with Gasteiger partial charge in [0.1, 0.15) is 0 Å². The van der Waals surface area contributed by atoms with Crippen molar-refractivity contribution < 1.29 is 0 Å². The predicted octanol–water partition coefficient (Wildman–Crippen LogP) is 2.87. The van der Waals surface area contributed by atoms with Gasteiger partial charge in [0.15, 0.2) is 0 Å². The molecule has 0 bridgehead atoms. The Bertz CT molecular complexity index is 1170. The highest BCUT2D eigenvalue weighted by atomic mass is 15.2. The zero-order valence-electron chi connectivity index (χ0n) is 18.4. The van der Waals surface area contributed by atoms with Crippen LogP contribution < -0.4 is 37.6 Å². The standard InChI is InChI=1S/C23H26N10/c1-32-9-7-17(24)15-11-13(3-5-19(15)32)27-22-29-21(26)30-23(31-22)28-14-4-6-20-16(12-14)18(25)8-10-33(20)2/h3-12,17-18H,24-25H2,1-2H3,(H4,26,27,28,29,30,31). The fraction of sp³-hybridized carbons (Fsp3) is 0.174. The molecule has 0 saturated heterocycles. The molecule has 2 aliphatic rings. The summed E-state index contributed by atoms with van der Waals surface area (Å²) in [5, 5.41) is 6.41. The first-order chi connectivity index (χ1) is 15.9. The summed E-state index contributed by atoms with van der Waals surface area (Å²) in [6.07, 6.45) is 7.83. The molecule has 1 aromatic heterocycles. The van der Waals surface area contributed by atoms with Crippen molar-refractivity contribution in [3.8, 4) is 0 Å². The van der Waals surface area contributed by atoms with Crippen LogP contribution in [0.25, 0.3) is 0 Å². The van der Waals surface area contributed by atoms with Crippen LogP contribution in [-0.2, 0) is 0 Å². The van der Waals surface area contributed by atoms with Gasteiger partial charge in [0.25, 0.3) is 0 Å². The Labute approximate surface area is 191 Å². The maximum Gasteiger partial charge on any atom is 0.233 e. The van der Waals surface area contributed by atoms with Gasteiger partial charge >= 0.3 is 0 Å². The normalized spacial score (nSPS) is 18.7. The van der Waals surface area contributed by atoms with Crippen molar-refractivity contribution in [3.05, 3.63) is 72.1 Å². The summed E-state index contributed by atoms with van der Waals surface area (Å²) in [6.45, 7) is 0. The number of nitrogens with zero attached hydrogens (tertiary/aromatic N) is 5. The summed E-state index contributed by atoms with van der Waals surface area (Å²) in [5.41, 5.74) is 24.2. The van der Waals surface area contributed by atoms with Crippen LogP contribution in [0.5, 0.6) is 0 Å². The van der Waals surface area contributed by atoms with Crippen molar-refractivity contribution in [1.82, 2.24) is 15.0 Å². The van der Waals surface area contributed by atoms with Gasteiger partial charge in [-0.2, -0.15) is 15.0 Å². The number of aromatic nitrogens is 3. The number of nitrogens with two attached hydrogens (primary N) is 3. The molecule has 2 atom stereocenters. The van der Waals surface area contributed by atoms with E-state index in [1.165, 1.54) is 0 Å². The summed E-state index contributed by atoms with van der Waals surface area (Å²) in [6, 6.07) is 11.5. The molecular formula is C23H26N10. The van der Waals surface area contributed by atoms with E-state index in [1.54, 1.807) is 0 Å². The fourth-order valence-electron chi connectivity index (χ4n) is 4.01. The maximum atomic E-state index is 6.24. The highest BCUT2D eigenvalue weighted by Crippen LogP contribution is 2.34. The molecule has 0 spiro atoms. The zero-order valence-corrected chi connectivity index (χ0v) is 18.4. The zero-order chi connectivity index (χ0) is 23.1. The van der Waals surface area contributed by atoms with Crippen LogP contribution in [0.3, 0.4) is 0 Å². The second-order valence-electron chi connectivity index (χ2n) is 8.09. The van der Waals surface area contributed by atoms with Gasteiger partial charge in [-0.3, -0.25) is 0 Å². The van der Waals surface area contributed by atoms with Crippen LogP contribution in [0.4, 0.5) is 40.6 Å². The molecule has 2 unspecified atom stereocenters. The Hall–Kier alpha value is -4.15. The van der Waals surface area contributed by atoms with E-state index in [9.17, 15) is 0 Å².